The van der Waals surface area contributed by atoms with E-state index in [0.717, 1.165) is 11.3 Å². The summed E-state index contributed by atoms with van der Waals surface area (Å²) in [4.78, 5) is 11.7. The van der Waals surface area contributed by atoms with E-state index in [2.05, 4.69) is 16.6 Å². The summed E-state index contributed by atoms with van der Waals surface area (Å²) in [6.45, 7) is 0.0301. The van der Waals surface area contributed by atoms with Crippen molar-refractivity contribution in [1.82, 2.24) is 0 Å². The van der Waals surface area contributed by atoms with E-state index in [1.165, 1.54) is 12.1 Å². The largest absolute Gasteiger partial charge is 0.376 e. The summed E-state index contributed by atoms with van der Waals surface area (Å²) >= 11 is 0. The minimum Gasteiger partial charge on any atom is -0.376 e. The Kier molecular flexibility index (Phi) is 4.35. The maximum absolute atomic E-state index is 13.4. The summed E-state index contributed by atoms with van der Waals surface area (Å²) in [6.07, 6.45) is 5.29. The summed E-state index contributed by atoms with van der Waals surface area (Å²) < 4.78 is 13.4. The van der Waals surface area contributed by atoms with E-state index in [0.29, 0.717) is 0 Å². The third-order valence-corrected chi connectivity index (χ3v) is 2.63. The van der Waals surface area contributed by atoms with Crippen molar-refractivity contribution < 1.29 is 9.18 Å². The van der Waals surface area contributed by atoms with Gasteiger partial charge in [-0.15, -0.1) is 6.42 Å². The van der Waals surface area contributed by atoms with Gasteiger partial charge in [0.25, 0.3) is 0 Å². The second-order valence-electron chi connectivity index (χ2n) is 4.11. The first-order valence-electron chi connectivity index (χ1n) is 6.04. The van der Waals surface area contributed by atoms with Crippen molar-refractivity contribution in [3.8, 4) is 12.3 Å². The lowest BCUT2D eigenvalue weighted by Crippen LogP contribution is -2.22. The first-order valence-corrected chi connectivity index (χ1v) is 6.04. The van der Waals surface area contributed by atoms with Gasteiger partial charge in [0.05, 0.1) is 12.2 Å². The van der Waals surface area contributed by atoms with Crippen LogP contribution in [0.2, 0.25) is 0 Å². The van der Waals surface area contributed by atoms with Crippen molar-refractivity contribution in [2.45, 2.75) is 0 Å². The molecule has 0 heterocycles. The summed E-state index contributed by atoms with van der Waals surface area (Å²) in [7, 11) is 0. The molecule has 0 fully saturated rings. The monoisotopic (exact) mass is 268 g/mol. The molecule has 1 amide bonds. The number of hydrogen-bond acceptors (Lipinski definition) is 2. The molecule has 0 saturated heterocycles. The van der Waals surface area contributed by atoms with E-state index < -0.39 is 5.82 Å². The normalized spacial score (nSPS) is 9.60. The van der Waals surface area contributed by atoms with Crippen molar-refractivity contribution in [3.05, 3.63) is 59.9 Å². The average Bonchev–Trinajstić information content (AvgIpc) is 2.48. The van der Waals surface area contributed by atoms with Gasteiger partial charge in [-0.25, -0.2) is 4.39 Å². The molecule has 0 atom stereocenters. The number of rotatable bonds is 4. The van der Waals surface area contributed by atoms with E-state index in [1.807, 2.05) is 0 Å². The molecule has 3 nitrogen and oxygen atoms in total. The van der Waals surface area contributed by atoms with Crippen molar-refractivity contribution in [2.75, 3.05) is 17.2 Å². The third-order valence-electron chi connectivity index (χ3n) is 2.63. The van der Waals surface area contributed by atoms with Gasteiger partial charge in [-0.3, -0.25) is 4.79 Å². The van der Waals surface area contributed by atoms with Crippen LogP contribution in [-0.2, 0) is 4.79 Å². The summed E-state index contributed by atoms with van der Waals surface area (Å²) in [5, 5.41) is 5.42. The van der Waals surface area contributed by atoms with Crippen molar-refractivity contribution >= 4 is 17.3 Å². The highest BCUT2D eigenvalue weighted by atomic mass is 19.1. The molecule has 100 valence electrons. The Morgan fingerprint density at radius 2 is 2.00 bits per heavy atom. The van der Waals surface area contributed by atoms with Gasteiger partial charge < -0.3 is 10.6 Å². The highest BCUT2D eigenvalue weighted by Crippen LogP contribution is 2.13. The summed E-state index contributed by atoms with van der Waals surface area (Å²) in [5.74, 6) is 1.72. The highest BCUT2D eigenvalue weighted by molar-refractivity contribution is 5.93. The molecule has 4 heteroatoms. The van der Waals surface area contributed by atoms with Gasteiger partial charge in [-0.2, -0.15) is 0 Å². The minimum atomic E-state index is -0.463. The van der Waals surface area contributed by atoms with Crippen LogP contribution in [-0.4, -0.2) is 12.5 Å². The lowest BCUT2D eigenvalue weighted by molar-refractivity contribution is -0.114. The number of nitrogens with one attached hydrogen (secondary N) is 2. The fourth-order valence-electron chi connectivity index (χ4n) is 1.66. The molecule has 2 aromatic rings. The average molecular weight is 268 g/mol. The molecule has 0 aliphatic rings. The van der Waals surface area contributed by atoms with Gasteiger partial charge in [0, 0.05) is 11.3 Å². The Balaban J connectivity index is 1.93. The highest BCUT2D eigenvalue weighted by Gasteiger charge is 2.05. The fourth-order valence-corrected chi connectivity index (χ4v) is 1.66. The molecule has 2 N–H and O–H groups in total. The van der Waals surface area contributed by atoms with Crippen LogP contribution >= 0.6 is 0 Å². The van der Waals surface area contributed by atoms with Crippen LogP contribution in [0.1, 0.15) is 5.56 Å². The van der Waals surface area contributed by atoms with Crippen molar-refractivity contribution in [2.24, 2.45) is 0 Å². The lowest BCUT2D eigenvalue weighted by Gasteiger charge is -2.08. The number of hydrogen-bond donors (Lipinski definition) is 2. The van der Waals surface area contributed by atoms with E-state index in [-0.39, 0.29) is 18.1 Å². The van der Waals surface area contributed by atoms with E-state index >= 15 is 0 Å². The fraction of sp³-hybridized carbons (Fsp3) is 0.0625. The standard InChI is InChI=1S/C16H13FN2O/c1-2-12-6-5-7-13(10-12)18-11-16(20)19-15-9-4-3-8-14(15)17/h1,3-10,18H,11H2,(H,19,20). The van der Waals surface area contributed by atoms with Crippen LogP contribution in [0.5, 0.6) is 0 Å². The van der Waals surface area contributed by atoms with Gasteiger partial charge >= 0.3 is 0 Å². The first kappa shape index (κ1) is 13.6. The summed E-state index contributed by atoms with van der Waals surface area (Å²) in [6, 6.07) is 13.2. The van der Waals surface area contributed by atoms with Gasteiger partial charge in [-0.1, -0.05) is 24.1 Å². The van der Waals surface area contributed by atoms with Gasteiger partial charge in [0.15, 0.2) is 0 Å². The Hall–Kier alpha value is -2.80. The molecule has 0 aliphatic heterocycles. The van der Waals surface area contributed by atoms with Crippen LogP contribution in [0.25, 0.3) is 0 Å². The summed E-state index contributed by atoms with van der Waals surface area (Å²) in [5.41, 5.74) is 1.63. The molecule has 2 rings (SSSR count). The molecule has 0 unspecified atom stereocenters. The lowest BCUT2D eigenvalue weighted by atomic mass is 10.2. The Morgan fingerprint density at radius 1 is 1.20 bits per heavy atom. The van der Waals surface area contributed by atoms with Crippen molar-refractivity contribution in [1.29, 1.82) is 0 Å². The predicted octanol–water partition coefficient (Wildman–Crippen LogP) is 2.86. The number of benzene rings is 2. The smallest absolute Gasteiger partial charge is 0.243 e. The maximum atomic E-state index is 13.4. The molecule has 2 aromatic carbocycles. The van der Waals surface area contributed by atoms with Crippen LogP contribution in [0.4, 0.5) is 15.8 Å². The Bertz CT molecular complexity index is 662. The molecular weight excluding hydrogens is 255 g/mol. The van der Waals surface area contributed by atoms with E-state index in [1.54, 1.807) is 36.4 Å². The topological polar surface area (TPSA) is 41.1 Å². The maximum Gasteiger partial charge on any atom is 0.243 e. The van der Waals surface area contributed by atoms with Gasteiger partial charge in [0.1, 0.15) is 5.82 Å². The number of halogens is 1. The van der Waals surface area contributed by atoms with E-state index in [9.17, 15) is 9.18 Å². The molecule has 0 aliphatic carbocycles. The number of para-hydroxylation sites is 1. The molecule has 20 heavy (non-hydrogen) atoms. The molecule has 0 spiro atoms. The molecule has 0 aromatic heterocycles. The number of anilines is 2. The quantitative estimate of drug-likeness (QED) is 0.837. The van der Waals surface area contributed by atoms with Gasteiger partial charge in [0.2, 0.25) is 5.91 Å². The van der Waals surface area contributed by atoms with Crippen molar-refractivity contribution in [3.63, 3.8) is 0 Å². The second-order valence-corrected chi connectivity index (χ2v) is 4.11. The number of carbonyl (C=O) groups excluding carboxylic acids is 1. The molecule has 0 bridgehead atoms. The van der Waals surface area contributed by atoms with E-state index in [4.69, 9.17) is 6.42 Å². The number of carbonyl (C=O) groups is 1. The van der Waals surface area contributed by atoms with Crippen LogP contribution in [0.15, 0.2) is 48.5 Å². The number of terminal acetylenes is 1. The Morgan fingerprint density at radius 3 is 2.75 bits per heavy atom. The van der Waals surface area contributed by atoms with Crippen LogP contribution in [0, 0.1) is 18.2 Å². The van der Waals surface area contributed by atoms with Gasteiger partial charge in [-0.05, 0) is 30.3 Å². The van der Waals surface area contributed by atoms with Crippen LogP contribution < -0.4 is 10.6 Å². The predicted molar refractivity (Wildman–Crippen MR) is 77.9 cm³/mol. The zero-order valence-electron chi connectivity index (χ0n) is 10.7. The minimum absolute atomic E-state index is 0.0301. The Labute approximate surface area is 116 Å². The van der Waals surface area contributed by atoms with Crippen LogP contribution in [0.3, 0.4) is 0 Å². The molecular formula is C16H13FN2O. The third kappa shape index (κ3) is 3.59. The second kappa shape index (κ2) is 6.39. The zero-order valence-corrected chi connectivity index (χ0v) is 10.7. The molecule has 0 radical (unpaired) electrons. The molecule has 0 saturated carbocycles. The zero-order chi connectivity index (χ0) is 14.4. The number of amides is 1. The SMILES string of the molecule is C#Cc1cccc(NCC(=O)Nc2ccccc2F)c1. The first-order chi connectivity index (χ1) is 9.69.